The lowest BCUT2D eigenvalue weighted by Gasteiger charge is -2.11. The molecule has 1 N–H and O–H groups in total. The van der Waals surface area contributed by atoms with Crippen molar-refractivity contribution < 1.29 is 0 Å². The van der Waals surface area contributed by atoms with Gasteiger partial charge in [-0.25, -0.2) is 0 Å². The minimum absolute atomic E-state index is 1.06. The van der Waals surface area contributed by atoms with Crippen molar-refractivity contribution in [3.63, 3.8) is 0 Å². The number of aryl methyl sites for hydroxylation is 1. The summed E-state index contributed by atoms with van der Waals surface area (Å²) in [6, 6.07) is 23.3. The molecule has 32 heavy (non-hydrogen) atoms. The Morgan fingerprint density at radius 3 is 2.09 bits per heavy atom. The number of aromatic nitrogens is 1. The van der Waals surface area contributed by atoms with Gasteiger partial charge in [0.05, 0.1) is 0 Å². The first-order chi connectivity index (χ1) is 15.5. The monoisotopic (exact) mass is 423 g/mol. The zero-order valence-corrected chi connectivity index (χ0v) is 20.5. The topological polar surface area (TPSA) is 15.8 Å². The van der Waals surface area contributed by atoms with E-state index in [0.29, 0.717) is 0 Å². The zero-order chi connectivity index (χ0) is 23.7. The van der Waals surface area contributed by atoms with E-state index in [1.807, 2.05) is 32.9 Å². The van der Waals surface area contributed by atoms with E-state index in [4.69, 9.17) is 0 Å². The summed E-state index contributed by atoms with van der Waals surface area (Å²) in [5.41, 5.74) is 8.42. The molecule has 166 valence electrons. The Kier molecular flexibility index (Phi) is 9.28. The molecule has 0 saturated carbocycles. The molecule has 1 nitrogen and oxygen atoms in total. The van der Waals surface area contributed by atoms with Crippen LogP contribution >= 0.6 is 0 Å². The number of rotatable bonds is 4. The number of para-hydroxylation sites is 1. The maximum absolute atomic E-state index is 4.09. The third-order valence-corrected chi connectivity index (χ3v) is 5.59. The van der Waals surface area contributed by atoms with E-state index in [2.05, 4.69) is 99.6 Å². The summed E-state index contributed by atoms with van der Waals surface area (Å²) in [5.74, 6) is 0. The first-order valence-corrected chi connectivity index (χ1v) is 11.5. The fourth-order valence-electron chi connectivity index (χ4n) is 3.74. The van der Waals surface area contributed by atoms with E-state index in [1.54, 1.807) is 0 Å². The molecule has 0 aliphatic heterocycles. The number of fused-ring (bicyclic) bond motifs is 2. The molecule has 0 radical (unpaired) electrons. The van der Waals surface area contributed by atoms with Gasteiger partial charge in [0.2, 0.25) is 0 Å². The zero-order valence-electron chi connectivity index (χ0n) is 20.5. The van der Waals surface area contributed by atoms with Gasteiger partial charge in [0.25, 0.3) is 0 Å². The summed E-state index contributed by atoms with van der Waals surface area (Å²) >= 11 is 0. The smallest absolute Gasteiger partial charge is 0.0461 e. The van der Waals surface area contributed by atoms with Crippen molar-refractivity contribution >= 4 is 32.8 Å². The molecule has 0 spiro atoms. The summed E-state index contributed by atoms with van der Waals surface area (Å²) < 4.78 is 0. The maximum Gasteiger partial charge on any atom is 0.0461 e. The van der Waals surface area contributed by atoms with Gasteiger partial charge in [0.15, 0.2) is 0 Å². The van der Waals surface area contributed by atoms with Crippen molar-refractivity contribution in [1.82, 2.24) is 4.98 Å². The molecule has 1 heteroatoms. The van der Waals surface area contributed by atoms with E-state index in [1.165, 1.54) is 32.9 Å². The Morgan fingerprint density at radius 1 is 0.875 bits per heavy atom. The van der Waals surface area contributed by atoms with Crippen molar-refractivity contribution in [2.45, 2.75) is 48.0 Å². The second kappa shape index (κ2) is 11.9. The van der Waals surface area contributed by atoms with Crippen LogP contribution in [0.5, 0.6) is 0 Å². The highest BCUT2D eigenvalue weighted by Crippen LogP contribution is 2.28. The Bertz CT molecular complexity index is 1200. The predicted molar refractivity (Wildman–Crippen MR) is 146 cm³/mol. The SMILES string of the molecule is C=C(/C(C)=C\C)c1cc2ccccc2[nH]1.C=C(C)c1c(CC)ccc2ccccc12.CC. The molecule has 4 aromatic rings. The summed E-state index contributed by atoms with van der Waals surface area (Å²) in [6.07, 6.45) is 3.14. The van der Waals surface area contributed by atoms with Gasteiger partial charge in [-0.15, -0.1) is 0 Å². The standard InChI is InChI=1S/C15H16.C14H15N.C2H6/c1-4-12-9-10-13-7-5-6-8-14(13)15(12)11(2)3;1-4-10(2)11(3)14-9-12-7-5-6-8-13(12)15-14;1-2/h5-10H,2,4H2,1,3H3;4-9,15H,3H2,1-2H3;1-2H3/b;10-4-;. The number of nitrogens with one attached hydrogen (secondary N) is 1. The Hall–Kier alpha value is -3.32. The number of allylic oxidation sites excluding steroid dienone is 4. The van der Waals surface area contributed by atoms with Gasteiger partial charge >= 0.3 is 0 Å². The highest BCUT2D eigenvalue weighted by molar-refractivity contribution is 5.94. The number of hydrogen-bond acceptors (Lipinski definition) is 0. The molecule has 1 aromatic heterocycles. The first kappa shape index (κ1) is 24.9. The molecular formula is C31H37N. The molecular weight excluding hydrogens is 386 g/mol. The normalized spacial score (nSPS) is 10.8. The van der Waals surface area contributed by atoms with Crippen molar-refractivity contribution in [2.24, 2.45) is 0 Å². The Morgan fingerprint density at radius 2 is 1.50 bits per heavy atom. The lowest BCUT2D eigenvalue weighted by atomic mass is 9.93. The second-order valence-electron chi connectivity index (χ2n) is 7.68. The fraction of sp³-hybridized carbons (Fsp3) is 0.226. The number of H-pyrrole nitrogens is 1. The summed E-state index contributed by atoms with van der Waals surface area (Å²) in [4.78, 5) is 3.37. The van der Waals surface area contributed by atoms with E-state index >= 15 is 0 Å². The lowest BCUT2D eigenvalue weighted by Crippen LogP contribution is -1.91. The third-order valence-electron chi connectivity index (χ3n) is 5.59. The van der Waals surface area contributed by atoms with Crippen LogP contribution in [0.4, 0.5) is 0 Å². The van der Waals surface area contributed by atoms with Crippen molar-refractivity contribution in [3.8, 4) is 0 Å². The maximum atomic E-state index is 4.09. The molecule has 0 atom stereocenters. The molecule has 0 amide bonds. The first-order valence-electron chi connectivity index (χ1n) is 11.5. The van der Waals surface area contributed by atoms with Crippen LogP contribution in [0.1, 0.15) is 58.4 Å². The minimum Gasteiger partial charge on any atom is -0.355 e. The average molecular weight is 424 g/mol. The van der Waals surface area contributed by atoms with Gasteiger partial charge < -0.3 is 4.98 Å². The fourth-order valence-corrected chi connectivity index (χ4v) is 3.74. The average Bonchev–Trinajstić information content (AvgIpc) is 3.28. The van der Waals surface area contributed by atoms with Gasteiger partial charge in [-0.1, -0.05) is 100 Å². The molecule has 0 unspecified atom stereocenters. The molecule has 4 rings (SSSR count). The third kappa shape index (κ3) is 5.68. The minimum atomic E-state index is 1.06. The Labute approximate surface area is 194 Å². The summed E-state index contributed by atoms with van der Waals surface area (Å²) in [7, 11) is 0. The molecule has 0 aliphatic carbocycles. The van der Waals surface area contributed by atoms with Crippen LogP contribution in [0.2, 0.25) is 0 Å². The van der Waals surface area contributed by atoms with Crippen LogP contribution < -0.4 is 0 Å². The van der Waals surface area contributed by atoms with Crippen LogP contribution in [0.3, 0.4) is 0 Å². The van der Waals surface area contributed by atoms with Crippen molar-refractivity contribution in [3.05, 3.63) is 108 Å². The van der Waals surface area contributed by atoms with Crippen LogP contribution in [-0.4, -0.2) is 4.98 Å². The summed E-state index contributed by atoms with van der Waals surface area (Å²) in [5, 5.41) is 3.86. The van der Waals surface area contributed by atoms with Gasteiger partial charge in [-0.2, -0.15) is 0 Å². The van der Waals surface area contributed by atoms with Crippen molar-refractivity contribution in [2.75, 3.05) is 0 Å². The van der Waals surface area contributed by atoms with E-state index in [0.717, 1.165) is 28.8 Å². The van der Waals surface area contributed by atoms with Gasteiger partial charge in [-0.05, 0) is 72.4 Å². The molecule has 0 fully saturated rings. The van der Waals surface area contributed by atoms with Gasteiger partial charge in [0, 0.05) is 16.6 Å². The van der Waals surface area contributed by atoms with E-state index < -0.39 is 0 Å². The molecule has 0 saturated heterocycles. The predicted octanol–water partition coefficient (Wildman–Crippen LogP) is 9.61. The van der Waals surface area contributed by atoms with E-state index in [9.17, 15) is 0 Å². The summed E-state index contributed by atoms with van der Waals surface area (Å²) in [6.45, 7) is 20.6. The van der Waals surface area contributed by atoms with Crippen LogP contribution in [-0.2, 0) is 6.42 Å². The van der Waals surface area contributed by atoms with Crippen molar-refractivity contribution in [1.29, 1.82) is 0 Å². The highest BCUT2D eigenvalue weighted by atomic mass is 14.7. The number of aromatic amines is 1. The lowest BCUT2D eigenvalue weighted by molar-refractivity contribution is 1.14. The van der Waals surface area contributed by atoms with Gasteiger partial charge in [-0.3, -0.25) is 0 Å². The second-order valence-corrected chi connectivity index (χ2v) is 7.68. The van der Waals surface area contributed by atoms with Gasteiger partial charge in [0.1, 0.15) is 0 Å². The number of hydrogen-bond donors (Lipinski definition) is 1. The van der Waals surface area contributed by atoms with Crippen LogP contribution in [0, 0.1) is 0 Å². The largest absolute Gasteiger partial charge is 0.355 e. The number of benzene rings is 3. The van der Waals surface area contributed by atoms with Crippen LogP contribution in [0.15, 0.2) is 91.5 Å². The molecule has 3 aromatic carbocycles. The highest BCUT2D eigenvalue weighted by Gasteiger charge is 2.06. The van der Waals surface area contributed by atoms with E-state index in [-0.39, 0.29) is 0 Å². The quantitative estimate of drug-likeness (QED) is 0.314. The molecule has 0 aliphatic rings. The Balaban J connectivity index is 0.000000211. The molecule has 0 bridgehead atoms. The molecule has 1 heterocycles. The van der Waals surface area contributed by atoms with Crippen LogP contribution in [0.25, 0.3) is 32.8 Å².